The van der Waals surface area contributed by atoms with E-state index in [1.165, 1.54) is 31.2 Å². The number of amides is 1. The number of ether oxygens (including phenoxy) is 1. The van der Waals surface area contributed by atoms with Crippen molar-refractivity contribution in [3.05, 3.63) is 59.7 Å². The van der Waals surface area contributed by atoms with Crippen molar-refractivity contribution in [1.82, 2.24) is 5.43 Å². The molecule has 0 aromatic heterocycles. The summed E-state index contributed by atoms with van der Waals surface area (Å²) >= 11 is 0. The van der Waals surface area contributed by atoms with Crippen molar-refractivity contribution < 1.29 is 22.7 Å². The Kier molecular flexibility index (Phi) is 6.18. The first kappa shape index (κ1) is 19.7. The average Bonchev–Trinajstić information content (AvgIpc) is 3.21. The van der Waals surface area contributed by atoms with E-state index in [1.807, 2.05) is 24.3 Å². The Morgan fingerprint density at radius 1 is 1.14 bits per heavy atom. The Labute approximate surface area is 160 Å². The molecule has 8 heteroatoms. The van der Waals surface area contributed by atoms with Gasteiger partial charge in [0.25, 0.3) is 5.91 Å². The highest BCUT2D eigenvalue weighted by molar-refractivity contribution is 5.83. The van der Waals surface area contributed by atoms with Crippen LogP contribution >= 0.6 is 0 Å². The van der Waals surface area contributed by atoms with Gasteiger partial charge in [0.05, 0.1) is 11.8 Å². The van der Waals surface area contributed by atoms with Gasteiger partial charge >= 0.3 is 6.18 Å². The van der Waals surface area contributed by atoms with Crippen LogP contribution in [0.2, 0.25) is 0 Å². The number of nitrogens with zero attached hydrogens (tertiary/aromatic N) is 2. The van der Waals surface area contributed by atoms with E-state index in [1.54, 1.807) is 0 Å². The second-order valence-corrected chi connectivity index (χ2v) is 6.39. The van der Waals surface area contributed by atoms with Crippen LogP contribution in [-0.2, 0) is 11.0 Å². The number of carbonyl (C=O) groups excluding carboxylic acids is 1. The van der Waals surface area contributed by atoms with Gasteiger partial charge in [-0.05, 0) is 48.7 Å². The number of anilines is 1. The molecule has 1 N–H and O–H groups in total. The lowest BCUT2D eigenvalue weighted by molar-refractivity contribution is -0.137. The molecular weight excluding hydrogens is 371 g/mol. The van der Waals surface area contributed by atoms with Crippen molar-refractivity contribution in [1.29, 1.82) is 0 Å². The molecule has 1 fully saturated rings. The predicted octanol–water partition coefficient (Wildman–Crippen LogP) is 3.83. The summed E-state index contributed by atoms with van der Waals surface area (Å²) in [7, 11) is 0. The van der Waals surface area contributed by atoms with Crippen LogP contribution in [0.15, 0.2) is 53.6 Å². The lowest BCUT2D eigenvalue weighted by Gasteiger charge is -2.17. The molecule has 0 radical (unpaired) electrons. The largest absolute Gasteiger partial charge is 0.484 e. The lowest BCUT2D eigenvalue weighted by atomic mass is 10.2. The average molecular weight is 391 g/mol. The molecule has 0 unspecified atom stereocenters. The zero-order valence-corrected chi connectivity index (χ0v) is 15.1. The van der Waals surface area contributed by atoms with E-state index in [0.717, 1.165) is 36.5 Å². The van der Waals surface area contributed by atoms with Crippen LogP contribution in [-0.4, -0.2) is 31.8 Å². The van der Waals surface area contributed by atoms with Crippen LogP contribution in [0, 0.1) is 0 Å². The summed E-state index contributed by atoms with van der Waals surface area (Å²) in [5.74, 6) is -0.603. The van der Waals surface area contributed by atoms with Gasteiger partial charge in [-0.3, -0.25) is 4.79 Å². The molecule has 1 amide bonds. The van der Waals surface area contributed by atoms with Gasteiger partial charge in [0, 0.05) is 18.8 Å². The molecular formula is C20H20F3N3O2. The number of rotatable bonds is 6. The highest BCUT2D eigenvalue weighted by Crippen LogP contribution is 2.31. The maximum atomic E-state index is 12.7. The number of hydrazone groups is 1. The first-order chi connectivity index (χ1) is 13.4. The van der Waals surface area contributed by atoms with Crippen LogP contribution in [0.25, 0.3) is 0 Å². The summed E-state index contributed by atoms with van der Waals surface area (Å²) in [6.07, 6.45) is -0.554. The quantitative estimate of drug-likeness (QED) is 0.601. The molecule has 0 aliphatic carbocycles. The molecule has 0 bridgehead atoms. The van der Waals surface area contributed by atoms with Crippen LogP contribution in [0.1, 0.15) is 24.0 Å². The van der Waals surface area contributed by atoms with Crippen molar-refractivity contribution in [2.45, 2.75) is 19.0 Å². The molecule has 28 heavy (non-hydrogen) atoms. The van der Waals surface area contributed by atoms with Gasteiger partial charge in [-0.25, -0.2) is 5.43 Å². The number of halogens is 3. The van der Waals surface area contributed by atoms with Gasteiger partial charge in [0.1, 0.15) is 5.75 Å². The monoisotopic (exact) mass is 391 g/mol. The minimum Gasteiger partial charge on any atom is -0.484 e. The maximum Gasteiger partial charge on any atom is 0.416 e. The molecule has 148 valence electrons. The summed E-state index contributed by atoms with van der Waals surface area (Å²) in [5, 5.41) is 3.84. The van der Waals surface area contributed by atoms with Gasteiger partial charge in [-0.2, -0.15) is 18.3 Å². The first-order valence-corrected chi connectivity index (χ1v) is 8.89. The van der Waals surface area contributed by atoms with Crippen LogP contribution in [0.4, 0.5) is 18.9 Å². The Hall–Kier alpha value is -3.03. The number of hydrogen-bond acceptors (Lipinski definition) is 4. The molecule has 2 aromatic rings. The van der Waals surface area contributed by atoms with E-state index in [0.29, 0.717) is 0 Å². The third kappa shape index (κ3) is 5.48. The topological polar surface area (TPSA) is 53.9 Å². The van der Waals surface area contributed by atoms with E-state index < -0.39 is 24.3 Å². The Bertz CT molecular complexity index is 829. The van der Waals surface area contributed by atoms with Gasteiger partial charge < -0.3 is 9.64 Å². The Morgan fingerprint density at radius 2 is 1.86 bits per heavy atom. The van der Waals surface area contributed by atoms with E-state index in [-0.39, 0.29) is 5.75 Å². The SMILES string of the molecule is O=C(COc1cccc(C(F)(F)F)c1)N/N=C/c1ccc(N2CCCC2)cc1. The minimum atomic E-state index is -4.46. The van der Waals surface area contributed by atoms with Crippen LogP contribution < -0.4 is 15.1 Å². The fraction of sp³-hybridized carbons (Fsp3) is 0.300. The Balaban J connectivity index is 1.46. The smallest absolute Gasteiger partial charge is 0.416 e. The standard InChI is InChI=1S/C20H20F3N3O2/c21-20(22,23)16-4-3-5-18(12-16)28-14-19(27)25-24-13-15-6-8-17(9-7-15)26-10-1-2-11-26/h3-9,12-13H,1-2,10-11,14H2,(H,25,27)/b24-13+. The zero-order valence-electron chi connectivity index (χ0n) is 15.1. The number of hydrogen-bond donors (Lipinski definition) is 1. The molecule has 0 spiro atoms. The van der Waals surface area contributed by atoms with E-state index in [2.05, 4.69) is 15.4 Å². The zero-order chi connectivity index (χ0) is 20.0. The normalized spacial score (nSPS) is 14.5. The molecule has 1 heterocycles. The number of nitrogens with one attached hydrogen (secondary N) is 1. The third-order valence-electron chi connectivity index (χ3n) is 4.30. The Morgan fingerprint density at radius 3 is 2.54 bits per heavy atom. The number of benzene rings is 2. The third-order valence-corrected chi connectivity index (χ3v) is 4.30. The van der Waals surface area contributed by atoms with Crippen molar-refractivity contribution in [2.75, 3.05) is 24.6 Å². The van der Waals surface area contributed by atoms with E-state index >= 15 is 0 Å². The predicted molar refractivity (Wildman–Crippen MR) is 101 cm³/mol. The number of carbonyl (C=O) groups is 1. The fourth-order valence-corrected chi connectivity index (χ4v) is 2.87. The van der Waals surface area contributed by atoms with Gasteiger partial charge in [0.15, 0.2) is 6.61 Å². The molecule has 1 saturated heterocycles. The maximum absolute atomic E-state index is 12.7. The van der Waals surface area contributed by atoms with Crippen molar-refractivity contribution >= 4 is 17.8 Å². The van der Waals surface area contributed by atoms with Gasteiger partial charge in [0.2, 0.25) is 0 Å². The molecule has 5 nitrogen and oxygen atoms in total. The summed E-state index contributed by atoms with van der Waals surface area (Å²) < 4.78 is 43.0. The summed E-state index contributed by atoms with van der Waals surface area (Å²) in [4.78, 5) is 14.1. The van der Waals surface area contributed by atoms with Gasteiger partial charge in [-0.1, -0.05) is 18.2 Å². The van der Waals surface area contributed by atoms with E-state index in [9.17, 15) is 18.0 Å². The summed E-state index contributed by atoms with van der Waals surface area (Å²) in [6.45, 7) is 1.69. The minimum absolute atomic E-state index is 0.0357. The molecule has 1 aliphatic rings. The highest BCUT2D eigenvalue weighted by Gasteiger charge is 2.30. The lowest BCUT2D eigenvalue weighted by Crippen LogP contribution is -2.24. The van der Waals surface area contributed by atoms with Crippen molar-refractivity contribution in [3.8, 4) is 5.75 Å². The van der Waals surface area contributed by atoms with Crippen LogP contribution in [0.3, 0.4) is 0 Å². The molecule has 0 saturated carbocycles. The molecule has 3 rings (SSSR count). The second kappa shape index (κ2) is 8.77. The summed E-state index contributed by atoms with van der Waals surface area (Å²) in [6, 6.07) is 12.2. The fourth-order valence-electron chi connectivity index (χ4n) is 2.87. The first-order valence-electron chi connectivity index (χ1n) is 8.89. The second-order valence-electron chi connectivity index (χ2n) is 6.39. The van der Waals surface area contributed by atoms with Crippen molar-refractivity contribution in [2.24, 2.45) is 5.10 Å². The molecule has 0 atom stereocenters. The van der Waals surface area contributed by atoms with Crippen molar-refractivity contribution in [3.63, 3.8) is 0 Å². The summed E-state index contributed by atoms with van der Waals surface area (Å²) in [5.41, 5.74) is 3.44. The highest BCUT2D eigenvalue weighted by atomic mass is 19.4. The molecule has 2 aromatic carbocycles. The number of alkyl halides is 3. The van der Waals surface area contributed by atoms with Gasteiger partial charge in [-0.15, -0.1) is 0 Å². The van der Waals surface area contributed by atoms with Crippen LogP contribution in [0.5, 0.6) is 5.75 Å². The van der Waals surface area contributed by atoms with E-state index in [4.69, 9.17) is 4.74 Å². The molecule has 1 aliphatic heterocycles.